The van der Waals surface area contributed by atoms with Crippen LogP contribution in [0.4, 0.5) is 0 Å². The first kappa shape index (κ1) is 20.4. The molecule has 174 valence electrons. The van der Waals surface area contributed by atoms with Crippen molar-refractivity contribution in [2.24, 2.45) is 0 Å². The second-order valence-corrected chi connectivity index (χ2v) is 9.77. The van der Waals surface area contributed by atoms with E-state index >= 15 is 0 Å². The quantitative estimate of drug-likeness (QED) is 0.250. The van der Waals surface area contributed by atoms with Crippen molar-refractivity contribution in [1.29, 1.82) is 0 Å². The minimum absolute atomic E-state index is 0.814. The monoisotopic (exact) mass is 473 g/mol. The summed E-state index contributed by atoms with van der Waals surface area (Å²) in [5.41, 5.74) is 8.05. The van der Waals surface area contributed by atoms with Gasteiger partial charge in [0.05, 0.1) is 11.0 Å². The number of rotatable bonds is 3. The maximum absolute atomic E-state index is 6.44. The molecule has 37 heavy (non-hydrogen) atoms. The van der Waals surface area contributed by atoms with E-state index in [1.54, 1.807) is 0 Å². The summed E-state index contributed by atoms with van der Waals surface area (Å²) in [7, 11) is 0. The number of hydrogen-bond donors (Lipinski definition) is 0. The van der Waals surface area contributed by atoms with Crippen molar-refractivity contribution in [3.63, 3.8) is 0 Å². The Morgan fingerprint density at radius 2 is 1.14 bits per heavy atom. The molecule has 2 aromatic heterocycles. The first-order valence-corrected chi connectivity index (χ1v) is 12.7. The lowest BCUT2D eigenvalue weighted by atomic mass is 9.96. The lowest BCUT2D eigenvalue weighted by Gasteiger charge is -2.10. The molecule has 0 aliphatic carbocycles. The van der Waals surface area contributed by atoms with Crippen molar-refractivity contribution in [3.05, 3.63) is 139 Å². The highest BCUT2D eigenvalue weighted by Gasteiger charge is 2.16. The van der Waals surface area contributed by atoms with Gasteiger partial charge in [-0.15, -0.1) is 0 Å². The molecule has 0 aliphatic rings. The summed E-state index contributed by atoms with van der Waals surface area (Å²) < 4.78 is 8.80. The molecule has 0 N–H and O–H groups in total. The van der Waals surface area contributed by atoms with Crippen LogP contribution in [0.5, 0.6) is 0 Å². The predicted octanol–water partition coefficient (Wildman–Crippen LogP) is 9.43. The van der Waals surface area contributed by atoms with Gasteiger partial charge in [0.1, 0.15) is 11.2 Å². The van der Waals surface area contributed by atoms with Gasteiger partial charge in [-0.1, -0.05) is 91.0 Å². The molecule has 0 atom stereocenters. The Morgan fingerprint density at radius 3 is 1.86 bits per heavy atom. The molecule has 0 saturated carbocycles. The highest BCUT2D eigenvalue weighted by molar-refractivity contribution is 6.19. The van der Waals surface area contributed by atoms with Crippen LogP contribution in [0.15, 0.2) is 132 Å². The van der Waals surface area contributed by atoms with Crippen LogP contribution in [0.25, 0.3) is 60.2 Å². The molecule has 0 spiro atoms. The fourth-order valence-corrected chi connectivity index (χ4v) is 5.96. The molecule has 2 nitrogen and oxygen atoms in total. The van der Waals surface area contributed by atoms with Gasteiger partial charge in [-0.25, -0.2) is 0 Å². The van der Waals surface area contributed by atoms with Crippen LogP contribution < -0.4 is 0 Å². The number of benzene rings is 6. The number of nitrogens with zero attached hydrogens (tertiary/aromatic N) is 1. The van der Waals surface area contributed by atoms with Crippen molar-refractivity contribution in [2.45, 2.75) is 6.42 Å². The Kier molecular flexibility index (Phi) is 4.32. The zero-order chi connectivity index (χ0) is 24.3. The molecule has 8 rings (SSSR count). The molecule has 0 amide bonds. The van der Waals surface area contributed by atoms with Gasteiger partial charge in [0.25, 0.3) is 0 Å². The van der Waals surface area contributed by atoms with Crippen molar-refractivity contribution in [3.8, 4) is 5.69 Å². The molecule has 0 unspecified atom stereocenters. The largest absolute Gasteiger partial charge is 0.456 e. The van der Waals surface area contributed by atoms with Gasteiger partial charge in [0.2, 0.25) is 0 Å². The van der Waals surface area contributed by atoms with Crippen LogP contribution in [0.2, 0.25) is 0 Å². The summed E-state index contributed by atoms with van der Waals surface area (Å²) in [5.74, 6) is 0. The summed E-state index contributed by atoms with van der Waals surface area (Å²) in [4.78, 5) is 0. The van der Waals surface area contributed by atoms with Crippen LogP contribution in [0, 0.1) is 0 Å². The van der Waals surface area contributed by atoms with E-state index in [1.807, 2.05) is 6.07 Å². The molecular weight excluding hydrogens is 450 g/mol. The van der Waals surface area contributed by atoms with Crippen LogP contribution in [0.1, 0.15) is 11.1 Å². The zero-order valence-corrected chi connectivity index (χ0v) is 20.2. The molecule has 2 heterocycles. The van der Waals surface area contributed by atoms with Crippen molar-refractivity contribution < 1.29 is 4.42 Å². The summed E-state index contributed by atoms with van der Waals surface area (Å²) in [6, 6.07) is 45.5. The fourth-order valence-electron chi connectivity index (χ4n) is 5.96. The molecular formula is C35H23NO. The lowest BCUT2D eigenvalue weighted by Crippen LogP contribution is -1.95. The second kappa shape index (κ2) is 7.84. The second-order valence-electron chi connectivity index (χ2n) is 9.77. The maximum atomic E-state index is 6.44. The van der Waals surface area contributed by atoms with Gasteiger partial charge in [-0.3, -0.25) is 0 Å². The van der Waals surface area contributed by atoms with E-state index < -0.39 is 0 Å². The van der Waals surface area contributed by atoms with Crippen molar-refractivity contribution >= 4 is 54.5 Å². The predicted molar refractivity (Wildman–Crippen MR) is 155 cm³/mol. The normalized spacial score (nSPS) is 11.9. The Balaban J connectivity index is 1.26. The highest BCUT2D eigenvalue weighted by Crippen LogP contribution is 2.38. The molecule has 2 heteroatoms. The molecule has 0 aliphatic heterocycles. The summed E-state index contributed by atoms with van der Waals surface area (Å²) in [6.07, 6.45) is 0.814. The van der Waals surface area contributed by atoms with Gasteiger partial charge in [-0.2, -0.15) is 0 Å². The standard InChI is InChI=1S/C35H23NO/c1-2-10-27-24(9-1)22-25(35-34(27)30-13-5-8-16-33(30)37-35)21-23-17-19-26(20-18-23)36-31-14-6-3-11-28(31)29-12-4-7-15-32(29)36/h1-20,22H,21H2. The van der Waals surface area contributed by atoms with Gasteiger partial charge in [0, 0.05) is 39.2 Å². The number of fused-ring (bicyclic) bond motifs is 8. The van der Waals surface area contributed by atoms with E-state index in [-0.39, 0.29) is 0 Å². The Hall–Kier alpha value is -4.82. The van der Waals surface area contributed by atoms with Crippen LogP contribution in [0.3, 0.4) is 0 Å². The molecule has 0 fully saturated rings. The number of aromatic nitrogens is 1. The molecule has 6 aromatic carbocycles. The summed E-state index contributed by atoms with van der Waals surface area (Å²) in [5, 5.41) is 7.45. The van der Waals surface area contributed by atoms with Gasteiger partial charge < -0.3 is 8.98 Å². The third-order valence-corrected chi connectivity index (χ3v) is 7.62. The average molecular weight is 474 g/mol. The van der Waals surface area contributed by atoms with Crippen molar-refractivity contribution in [2.75, 3.05) is 0 Å². The summed E-state index contributed by atoms with van der Waals surface area (Å²) in [6.45, 7) is 0. The Labute approximate surface area is 214 Å². The zero-order valence-electron chi connectivity index (χ0n) is 20.2. The molecule has 0 saturated heterocycles. The van der Waals surface area contributed by atoms with Crippen LogP contribution in [-0.2, 0) is 6.42 Å². The Morgan fingerprint density at radius 1 is 0.541 bits per heavy atom. The van der Waals surface area contributed by atoms with E-state index in [1.165, 1.54) is 60.2 Å². The SMILES string of the molecule is c1ccc2c(c1)cc(Cc1ccc(-n3c4ccccc4c4ccccc43)cc1)c1oc3ccccc3c12. The van der Waals surface area contributed by atoms with E-state index in [2.05, 4.69) is 126 Å². The van der Waals surface area contributed by atoms with Gasteiger partial charge >= 0.3 is 0 Å². The molecule has 0 bridgehead atoms. The van der Waals surface area contributed by atoms with E-state index in [9.17, 15) is 0 Å². The number of furan rings is 1. The highest BCUT2D eigenvalue weighted by atomic mass is 16.3. The average Bonchev–Trinajstić information content (AvgIpc) is 3.51. The van der Waals surface area contributed by atoms with Gasteiger partial charge in [-0.05, 0) is 52.7 Å². The first-order valence-electron chi connectivity index (χ1n) is 12.7. The van der Waals surface area contributed by atoms with E-state index in [4.69, 9.17) is 4.42 Å². The fraction of sp³-hybridized carbons (Fsp3) is 0.0286. The Bertz CT molecular complexity index is 2050. The summed E-state index contributed by atoms with van der Waals surface area (Å²) >= 11 is 0. The minimum atomic E-state index is 0.814. The smallest absolute Gasteiger partial charge is 0.139 e. The third kappa shape index (κ3) is 3.06. The number of hydrogen-bond acceptors (Lipinski definition) is 1. The topological polar surface area (TPSA) is 18.1 Å². The lowest BCUT2D eigenvalue weighted by molar-refractivity contribution is 0.664. The minimum Gasteiger partial charge on any atom is -0.456 e. The molecule has 8 aromatic rings. The van der Waals surface area contributed by atoms with Crippen LogP contribution in [-0.4, -0.2) is 4.57 Å². The third-order valence-electron chi connectivity index (χ3n) is 7.62. The maximum Gasteiger partial charge on any atom is 0.139 e. The van der Waals surface area contributed by atoms with Crippen LogP contribution >= 0.6 is 0 Å². The first-order chi connectivity index (χ1) is 18.3. The van der Waals surface area contributed by atoms with E-state index in [0.29, 0.717) is 0 Å². The van der Waals surface area contributed by atoms with Gasteiger partial charge in [0.15, 0.2) is 0 Å². The van der Waals surface area contributed by atoms with E-state index in [0.717, 1.165) is 17.6 Å². The van der Waals surface area contributed by atoms with Crippen molar-refractivity contribution in [1.82, 2.24) is 4.57 Å². The molecule has 0 radical (unpaired) electrons. The number of para-hydroxylation sites is 3.